The Morgan fingerprint density at radius 2 is 1.71 bits per heavy atom. The van der Waals surface area contributed by atoms with E-state index in [0.717, 1.165) is 0 Å². The molecular formula is C20H17N3O8. The van der Waals surface area contributed by atoms with E-state index in [1.165, 1.54) is 51.9 Å². The minimum absolute atomic E-state index is 0.0108. The van der Waals surface area contributed by atoms with Crippen LogP contribution in [0.2, 0.25) is 0 Å². The number of anilines is 1. The van der Waals surface area contributed by atoms with Crippen molar-refractivity contribution in [2.45, 2.75) is 0 Å². The number of furan rings is 1. The first-order chi connectivity index (χ1) is 15.0. The number of nitrogens with zero attached hydrogens (tertiary/aromatic N) is 2. The Hall–Kier alpha value is -4.41. The van der Waals surface area contributed by atoms with Crippen molar-refractivity contribution in [3.63, 3.8) is 0 Å². The van der Waals surface area contributed by atoms with Crippen LogP contribution in [-0.2, 0) is 4.79 Å². The summed E-state index contributed by atoms with van der Waals surface area (Å²) in [6.45, 7) is 0. The summed E-state index contributed by atoms with van der Waals surface area (Å²) < 4.78 is 21.5. The highest BCUT2D eigenvalue weighted by Gasteiger charge is 2.30. The summed E-state index contributed by atoms with van der Waals surface area (Å²) in [4.78, 5) is 35.0. The van der Waals surface area contributed by atoms with E-state index in [4.69, 9.17) is 18.6 Å². The Labute approximate surface area is 175 Å². The summed E-state index contributed by atoms with van der Waals surface area (Å²) in [6.07, 6.45) is 1.67. The van der Waals surface area contributed by atoms with Gasteiger partial charge < -0.3 is 18.6 Å². The molecule has 2 aromatic carbocycles. The lowest BCUT2D eigenvalue weighted by atomic mass is 10.0. The summed E-state index contributed by atoms with van der Waals surface area (Å²) in [5, 5.41) is 15.0. The van der Waals surface area contributed by atoms with Crippen LogP contribution in [0.25, 0.3) is 11.0 Å². The molecule has 160 valence electrons. The third-order valence-electron chi connectivity index (χ3n) is 4.34. The molecular weight excluding hydrogens is 410 g/mol. The number of nitrogens with one attached hydrogen (secondary N) is 1. The third-order valence-corrected chi connectivity index (χ3v) is 4.34. The Balaban J connectivity index is 2.06. The maximum atomic E-state index is 13.2. The number of nitro benzene ring substituents is 1. The summed E-state index contributed by atoms with van der Waals surface area (Å²) in [6, 6.07) is 6.86. The molecule has 11 nitrogen and oxygen atoms in total. The number of ether oxygens (including phenoxy) is 3. The number of Topliss-reactive ketones (excluding diaryl/α,β-unsaturated/α-hetero) is 1. The molecule has 0 radical (unpaired) electrons. The van der Waals surface area contributed by atoms with Crippen LogP contribution in [-0.4, -0.2) is 44.0 Å². The van der Waals surface area contributed by atoms with E-state index in [9.17, 15) is 19.7 Å². The smallest absolute Gasteiger partial charge is 0.269 e. The Kier molecular flexibility index (Phi) is 6.15. The number of hydrazone groups is 1. The molecule has 0 fully saturated rings. The molecule has 1 heterocycles. The number of ketones is 1. The molecule has 0 unspecified atom stereocenters. The van der Waals surface area contributed by atoms with Crippen LogP contribution in [0.4, 0.5) is 11.4 Å². The molecule has 0 aliphatic carbocycles. The van der Waals surface area contributed by atoms with Crippen molar-refractivity contribution in [1.29, 1.82) is 0 Å². The van der Waals surface area contributed by atoms with E-state index in [1.807, 2.05) is 0 Å². The average Bonchev–Trinajstić information content (AvgIpc) is 3.27. The van der Waals surface area contributed by atoms with E-state index in [-0.39, 0.29) is 34.8 Å². The minimum Gasteiger partial charge on any atom is -0.495 e. The van der Waals surface area contributed by atoms with E-state index >= 15 is 0 Å². The van der Waals surface area contributed by atoms with Gasteiger partial charge in [0.25, 0.3) is 5.69 Å². The van der Waals surface area contributed by atoms with Gasteiger partial charge >= 0.3 is 0 Å². The lowest BCUT2D eigenvalue weighted by molar-refractivity contribution is -0.384. The topological polar surface area (TPSA) is 142 Å². The number of carbonyl (C=O) groups excluding carboxylic acids is 2. The SMILES string of the molecule is COc1c(C(=O)/C(C=O)=N/Nc2ccc([N+](=O)[O-])cc2)c(OC)c2ccoc2c1OC. The monoisotopic (exact) mass is 427 g/mol. The highest BCUT2D eigenvalue weighted by atomic mass is 16.6. The maximum absolute atomic E-state index is 13.2. The Morgan fingerprint density at radius 3 is 2.26 bits per heavy atom. The first-order valence-corrected chi connectivity index (χ1v) is 8.73. The molecule has 0 atom stereocenters. The van der Waals surface area contributed by atoms with Crippen molar-refractivity contribution in [3.05, 3.63) is 52.3 Å². The summed E-state index contributed by atoms with van der Waals surface area (Å²) in [5.41, 5.74) is 2.49. The lowest BCUT2D eigenvalue weighted by Crippen LogP contribution is -2.19. The van der Waals surface area contributed by atoms with Crippen LogP contribution in [0.15, 0.2) is 46.1 Å². The number of carbonyl (C=O) groups is 2. The number of aldehydes is 1. The second-order valence-corrected chi connectivity index (χ2v) is 6.00. The minimum atomic E-state index is -0.792. The van der Waals surface area contributed by atoms with Crippen LogP contribution in [0, 0.1) is 10.1 Å². The zero-order valence-electron chi connectivity index (χ0n) is 16.7. The number of methoxy groups -OCH3 is 3. The van der Waals surface area contributed by atoms with Crippen LogP contribution in [0.5, 0.6) is 17.2 Å². The normalized spacial score (nSPS) is 11.1. The zero-order valence-corrected chi connectivity index (χ0v) is 16.7. The molecule has 0 spiro atoms. The molecule has 0 amide bonds. The van der Waals surface area contributed by atoms with E-state index in [2.05, 4.69) is 10.5 Å². The van der Waals surface area contributed by atoms with Gasteiger partial charge in [-0.25, -0.2) is 0 Å². The number of hydrogen-bond donors (Lipinski definition) is 1. The molecule has 31 heavy (non-hydrogen) atoms. The van der Waals surface area contributed by atoms with Gasteiger partial charge in [0.15, 0.2) is 23.3 Å². The summed E-state index contributed by atoms with van der Waals surface area (Å²) in [5.74, 6) is -0.507. The van der Waals surface area contributed by atoms with E-state index < -0.39 is 16.4 Å². The number of hydrogen-bond acceptors (Lipinski definition) is 10. The van der Waals surface area contributed by atoms with Crippen LogP contribution in [0.3, 0.4) is 0 Å². The van der Waals surface area contributed by atoms with Gasteiger partial charge in [0.2, 0.25) is 11.5 Å². The van der Waals surface area contributed by atoms with Crippen LogP contribution in [0.1, 0.15) is 10.4 Å². The van der Waals surface area contributed by atoms with E-state index in [0.29, 0.717) is 16.7 Å². The summed E-state index contributed by atoms with van der Waals surface area (Å²) >= 11 is 0. The second-order valence-electron chi connectivity index (χ2n) is 6.00. The van der Waals surface area contributed by atoms with Crippen LogP contribution < -0.4 is 19.6 Å². The van der Waals surface area contributed by atoms with Crippen molar-refractivity contribution in [2.75, 3.05) is 26.8 Å². The number of fused-ring (bicyclic) bond motifs is 1. The Morgan fingerprint density at radius 1 is 1.06 bits per heavy atom. The molecule has 11 heteroatoms. The molecule has 3 rings (SSSR count). The highest BCUT2D eigenvalue weighted by molar-refractivity contribution is 6.64. The van der Waals surface area contributed by atoms with Gasteiger partial charge in [-0.2, -0.15) is 5.10 Å². The molecule has 0 saturated heterocycles. The predicted octanol–water partition coefficient (Wildman–Crippen LogP) is 3.22. The van der Waals surface area contributed by atoms with Crippen molar-refractivity contribution in [3.8, 4) is 17.2 Å². The predicted molar refractivity (Wildman–Crippen MR) is 110 cm³/mol. The Bertz CT molecular complexity index is 1180. The van der Waals surface area contributed by atoms with Crippen LogP contribution >= 0.6 is 0 Å². The summed E-state index contributed by atoms with van der Waals surface area (Å²) in [7, 11) is 4.07. The molecule has 1 aromatic heterocycles. The highest BCUT2D eigenvalue weighted by Crippen LogP contribution is 2.46. The maximum Gasteiger partial charge on any atom is 0.269 e. The number of rotatable bonds is 9. The standard InChI is InChI=1S/C20H17N3O8/c1-28-17-13-8-9-31-18(13)20(30-3)19(29-2)15(17)16(25)14(10-24)22-21-11-4-6-12(7-5-11)23(26)27/h4-10,21H,1-3H3/b22-14+. The van der Waals surface area contributed by atoms with Crippen molar-refractivity contribution >= 4 is 40.1 Å². The van der Waals surface area contributed by atoms with Gasteiger partial charge in [0.1, 0.15) is 11.3 Å². The molecule has 1 N–H and O–H groups in total. The van der Waals surface area contributed by atoms with Gasteiger partial charge in [-0.05, 0) is 18.2 Å². The molecule has 3 aromatic rings. The fourth-order valence-corrected chi connectivity index (χ4v) is 2.96. The zero-order chi connectivity index (χ0) is 22.5. The average molecular weight is 427 g/mol. The van der Waals surface area contributed by atoms with E-state index in [1.54, 1.807) is 6.07 Å². The largest absolute Gasteiger partial charge is 0.495 e. The lowest BCUT2D eigenvalue weighted by Gasteiger charge is -2.16. The quantitative estimate of drug-likeness (QED) is 0.136. The molecule has 0 bridgehead atoms. The molecule has 0 saturated carbocycles. The second kappa shape index (κ2) is 8.95. The van der Waals surface area contributed by atoms with Gasteiger partial charge in [0.05, 0.1) is 43.6 Å². The van der Waals surface area contributed by atoms with Gasteiger partial charge in [-0.3, -0.25) is 25.1 Å². The first-order valence-electron chi connectivity index (χ1n) is 8.73. The fourth-order valence-electron chi connectivity index (χ4n) is 2.96. The molecule has 0 aliphatic rings. The third kappa shape index (κ3) is 3.88. The number of non-ortho nitro benzene ring substituents is 1. The van der Waals surface area contributed by atoms with Crippen molar-refractivity contribution in [1.82, 2.24) is 0 Å². The molecule has 0 aliphatic heterocycles. The number of nitro groups is 1. The fraction of sp³-hybridized carbons (Fsp3) is 0.150. The van der Waals surface area contributed by atoms with Gasteiger partial charge in [-0.15, -0.1) is 0 Å². The van der Waals surface area contributed by atoms with Crippen molar-refractivity contribution in [2.24, 2.45) is 5.10 Å². The van der Waals surface area contributed by atoms with Crippen molar-refractivity contribution < 1.29 is 33.1 Å². The van der Waals surface area contributed by atoms with Gasteiger partial charge in [-0.1, -0.05) is 0 Å². The number of benzene rings is 2. The van der Waals surface area contributed by atoms with Gasteiger partial charge in [0, 0.05) is 12.1 Å². The first kappa shape index (κ1) is 21.3.